The van der Waals surface area contributed by atoms with Crippen LogP contribution in [0, 0.1) is 11.3 Å². The molecule has 5 heteroatoms. The summed E-state index contributed by atoms with van der Waals surface area (Å²) in [7, 11) is 0. The van der Waals surface area contributed by atoms with Gasteiger partial charge in [-0.3, -0.25) is 0 Å². The van der Waals surface area contributed by atoms with Crippen molar-refractivity contribution in [3.63, 3.8) is 0 Å². The minimum Gasteiger partial charge on any atom is -0.486 e. The van der Waals surface area contributed by atoms with Gasteiger partial charge < -0.3 is 10.5 Å². The van der Waals surface area contributed by atoms with Crippen LogP contribution in [-0.4, -0.2) is 9.97 Å². The maximum atomic E-state index is 8.76. The Hall–Kier alpha value is -2.61. The SMILES string of the molecule is CC(C)c1cccc(OCc2ncc(C#N)c(N)n2)c1. The number of aromatic nitrogens is 2. The fourth-order valence-corrected chi connectivity index (χ4v) is 1.70. The van der Waals surface area contributed by atoms with Gasteiger partial charge in [-0.25, -0.2) is 9.97 Å². The Kier molecular flexibility index (Phi) is 4.16. The van der Waals surface area contributed by atoms with Gasteiger partial charge in [0, 0.05) is 0 Å². The first-order valence-corrected chi connectivity index (χ1v) is 6.34. The van der Waals surface area contributed by atoms with E-state index in [0.717, 1.165) is 5.75 Å². The highest BCUT2D eigenvalue weighted by atomic mass is 16.5. The fraction of sp³-hybridized carbons (Fsp3) is 0.267. The van der Waals surface area contributed by atoms with Crippen LogP contribution in [0.1, 0.15) is 36.7 Å². The molecular formula is C15H16N4O. The van der Waals surface area contributed by atoms with Gasteiger partial charge in [-0.2, -0.15) is 5.26 Å². The Labute approximate surface area is 118 Å². The second kappa shape index (κ2) is 6.02. The topological polar surface area (TPSA) is 84.8 Å². The molecule has 0 spiro atoms. The standard InChI is InChI=1S/C15H16N4O/c1-10(2)11-4-3-5-13(6-11)20-9-14-18-8-12(7-16)15(17)19-14/h3-6,8,10H,9H2,1-2H3,(H2,17,18,19). The van der Waals surface area contributed by atoms with Crippen LogP contribution in [0.5, 0.6) is 5.75 Å². The highest BCUT2D eigenvalue weighted by Gasteiger charge is 2.05. The zero-order valence-electron chi connectivity index (χ0n) is 11.5. The van der Waals surface area contributed by atoms with Crippen LogP contribution in [0.3, 0.4) is 0 Å². The predicted molar refractivity (Wildman–Crippen MR) is 76.0 cm³/mol. The molecule has 1 aromatic heterocycles. The Morgan fingerprint density at radius 2 is 2.20 bits per heavy atom. The predicted octanol–water partition coefficient (Wildman–Crippen LogP) is 2.63. The molecule has 1 aromatic carbocycles. The van der Waals surface area contributed by atoms with Crippen molar-refractivity contribution in [2.45, 2.75) is 26.4 Å². The highest BCUT2D eigenvalue weighted by Crippen LogP contribution is 2.20. The summed E-state index contributed by atoms with van der Waals surface area (Å²) in [6.45, 7) is 4.48. The minimum atomic E-state index is 0.178. The Balaban J connectivity index is 2.07. The molecule has 5 nitrogen and oxygen atoms in total. The summed E-state index contributed by atoms with van der Waals surface area (Å²) < 4.78 is 5.65. The van der Waals surface area contributed by atoms with E-state index in [1.54, 1.807) is 0 Å². The summed E-state index contributed by atoms with van der Waals surface area (Å²) in [4.78, 5) is 8.08. The molecule has 0 unspecified atom stereocenters. The summed E-state index contributed by atoms with van der Waals surface area (Å²) >= 11 is 0. The maximum Gasteiger partial charge on any atom is 0.168 e. The van der Waals surface area contributed by atoms with E-state index in [1.165, 1.54) is 11.8 Å². The smallest absolute Gasteiger partial charge is 0.168 e. The van der Waals surface area contributed by atoms with Gasteiger partial charge in [0.2, 0.25) is 0 Å². The molecule has 0 atom stereocenters. The van der Waals surface area contributed by atoms with Gasteiger partial charge in [-0.05, 0) is 23.6 Å². The van der Waals surface area contributed by atoms with Crippen molar-refractivity contribution >= 4 is 5.82 Å². The average molecular weight is 268 g/mol. The number of hydrogen-bond acceptors (Lipinski definition) is 5. The van der Waals surface area contributed by atoms with Gasteiger partial charge in [-0.15, -0.1) is 0 Å². The van der Waals surface area contributed by atoms with Crippen LogP contribution in [0.25, 0.3) is 0 Å². The van der Waals surface area contributed by atoms with Crippen LogP contribution in [0.4, 0.5) is 5.82 Å². The lowest BCUT2D eigenvalue weighted by Crippen LogP contribution is -2.05. The zero-order chi connectivity index (χ0) is 14.5. The van der Waals surface area contributed by atoms with Gasteiger partial charge in [0.15, 0.2) is 5.82 Å². The van der Waals surface area contributed by atoms with Crippen LogP contribution in [0.2, 0.25) is 0 Å². The van der Waals surface area contributed by atoms with E-state index in [9.17, 15) is 0 Å². The van der Waals surface area contributed by atoms with Crippen molar-refractivity contribution in [2.24, 2.45) is 0 Å². The van der Waals surface area contributed by atoms with E-state index in [2.05, 4.69) is 29.9 Å². The van der Waals surface area contributed by atoms with Gasteiger partial charge in [0.25, 0.3) is 0 Å². The third-order valence-electron chi connectivity index (χ3n) is 2.88. The lowest BCUT2D eigenvalue weighted by atomic mass is 10.0. The van der Waals surface area contributed by atoms with Crippen LogP contribution in [0.15, 0.2) is 30.5 Å². The van der Waals surface area contributed by atoms with Crippen molar-refractivity contribution < 1.29 is 4.74 Å². The molecule has 20 heavy (non-hydrogen) atoms. The second-order valence-electron chi connectivity index (χ2n) is 4.71. The number of ether oxygens (including phenoxy) is 1. The van der Waals surface area contributed by atoms with E-state index >= 15 is 0 Å². The van der Waals surface area contributed by atoms with E-state index < -0.39 is 0 Å². The number of anilines is 1. The molecule has 0 aliphatic heterocycles. The summed E-state index contributed by atoms with van der Waals surface area (Å²) in [6, 6.07) is 9.83. The van der Waals surface area contributed by atoms with Crippen LogP contribution < -0.4 is 10.5 Å². The van der Waals surface area contributed by atoms with Gasteiger partial charge in [0.1, 0.15) is 29.8 Å². The summed E-state index contributed by atoms with van der Waals surface area (Å²) in [5.74, 6) is 1.84. The molecule has 1 heterocycles. The quantitative estimate of drug-likeness (QED) is 0.921. The average Bonchev–Trinajstić information content (AvgIpc) is 2.45. The first-order valence-electron chi connectivity index (χ1n) is 6.34. The number of rotatable bonds is 4. The Morgan fingerprint density at radius 1 is 1.40 bits per heavy atom. The Morgan fingerprint density at radius 3 is 2.85 bits per heavy atom. The number of hydrogen-bond donors (Lipinski definition) is 1. The normalized spacial score (nSPS) is 10.3. The van der Waals surface area contributed by atoms with E-state index in [-0.39, 0.29) is 18.0 Å². The van der Waals surface area contributed by atoms with Gasteiger partial charge >= 0.3 is 0 Å². The molecule has 102 valence electrons. The van der Waals surface area contributed by atoms with E-state index in [4.69, 9.17) is 15.7 Å². The van der Waals surface area contributed by atoms with Crippen molar-refractivity contribution in [2.75, 3.05) is 5.73 Å². The molecule has 0 aliphatic rings. The number of nitriles is 1. The van der Waals surface area contributed by atoms with E-state index in [0.29, 0.717) is 11.7 Å². The largest absolute Gasteiger partial charge is 0.486 e. The zero-order valence-corrected chi connectivity index (χ0v) is 11.5. The first kappa shape index (κ1) is 13.8. The van der Waals surface area contributed by atoms with Crippen LogP contribution in [-0.2, 0) is 6.61 Å². The van der Waals surface area contributed by atoms with Gasteiger partial charge in [0.05, 0.1) is 6.20 Å². The molecule has 2 aromatic rings. The number of nitrogen functional groups attached to an aromatic ring is 1. The highest BCUT2D eigenvalue weighted by molar-refractivity contribution is 5.46. The summed E-state index contributed by atoms with van der Waals surface area (Å²) in [5.41, 5.74) is 7.12. The molecule has 0 bridgehead atoms. The van der Waals surface area contributed by atoms with Crippen molar-refractivity contribution in [1.82, 2.24) is 9.97 Å². The second-order valence-corrected chi connectivity index (χ2v) is 4.71. The molecular weight excluding hydrogens is 252 g/mol. The fourth-order valence-electron chi connectivity index (χ4n) is 1.70. The van der Waals surface area contributed by atoms with Crippen molar-refractivity contribution in [1.29, 1.82) is 5.26 Å². The van der Waals surface area contributed by atoms with Crippen molar-refractivity contribution in [3.8, 4) is 11.8 Å². The first-order chi connectivity index (χ1) is 9.60. The maximum absolute atomic E-state index is 8.76. The molecule has 0 saturated carbocycles. The third-order valence-corrected chi connectivity index (χ3v) is 2.88. The monoisotopic (exact) mass is 268 g/mol. The summed E-state index contributed by atoms with van der Waals surface area (Å²) in [6.07, 6.45) is 1.41. The molecule has 0 saturated heterocycles. The number of nitrogens with two attached hydrogens (primary N) is 1. The molecule has 0 radical (unpaired) electrons. The third kappa shape index (κ3) is 3.23. The molecule has 2 rings (SSSR count). The lowest BCUT2D eigenvalue weighted by molar-refractivity contribution is 0.295. The number of nitrogens with zero attached hydrogens (tertiary/aromatic N) is 3. The lowest BCUT2D eigenvalue weighted by Gasteiger charge is -2.09. The summed E-state index contributed by atoms with van der Waals surface area (Å²) in [5, 5.41) is 8.76. The molecule has 0 amide bonds. The number of benzene rings is 1. The van der Waals surface area contributed by atoms with E-state index in [1.807, 2.05) is 24.3 Å². The molecule has 2 N–H and O–H groups in total. The van der Waals surface area contributed by atoms with Crippen LogP contribution >= 0.6 is 0 Å². The molecule has 0 aliphatic carbocycles. The van der Waals surface area contributed by atoms with Gasteiger partial charge in [-0.1, -0.05) is 26.0 Å². The van der Waals surface area contributed by atoms with Crippen molar-refractivity contribution in [3.05, 3.63) is 47.4 Å². The minimum absolute atomic E-state index is 0.178. The Bertz CT molecular complexity index is 647. The molecule has 0 fully saturated rings.